The highest BCUT2D eigenvalue weighted by molar-refractivity contribution is 7.90. The molecule has 34 heavy (non-hydrogen) atoms. The van der Waals surface area contributed by atoms with Crippen LogP contribution in [-0.2, 0) is 16.2 Å². The molecule has 3 aromatic carbocycles. The van der Waals surface area contributed by atoms with Crippen LogP contribution in [0.5, 0.6) is 5.75 Å². The second-order valence-corrected chi connectivity index (χ2v) is 9.63. The maximum atomic E-state index is 14.0. The Bertz CT molecular complexity index is 1500. The van der Waals surface area contributed by atoms with Crippen LogP contribution >= 0.6 is 11.3 Å². The minimum absolute atomic E-state index is 0.0337. The number of ether oxygens (including phenoxy) is 1. The summed E-state index contributed by atoms with van der Waals surface area (Å²) in [5.41, 5.74) is 4.22. The largest absolute Gasteiger partial charge is 0.587 e. The number of aldehydes is 1. The smallest absolute Gasteiger partial charge is 0.180 e. The van der Waals surface area contributed by atoms with E-state index in [-0.39, 0.29) is 6.61 Å². The average molecular weight is 483 g/mol. The predicted molar refractivity (Wildman–Crippen MR) is 135 cm³/mol. The van der Waals surface area contributed by atoms with Gasteiger partial charge < -0.3 is 9.29 Å². The van der Waals surface area contributed by atoms with Crippen LogP contribution in [0, 0.1) is 11.3 Å². The third-order valence-corrected chi connectivity index (χ3v) is 7.63. The summed E-state index contributed by atoms with van der Waals surface area (Å²) in [5.74, 6) is 0.533. The number of rotatable bonds is 7. The van der Waals surface area contributed by atoms with Gasteiger partial charge in [0.1, 0.15) is 40.4 Å². The SMILES string of the molecule is N#Cc1sccc1-c1c(-c2ccccc2)n([S+]([O-])c2ccc(OCC=O)cc2)c2ccccc12. The molecule has 0 N–H and O–H groups in total. The zero-order valence-electron chi connectivity index (χ0n) is 17.9. The standard InChI is InChI=1S/C27H18N2O3S2/c28-18-25-23(14-17-33-25)26-22-8-4-5-9-24(22)29(27(26)19-6-2-1-3-7-19)34(31)21-12-10-20(11-13-21)32-16-15-30/h1-15,17H,16H2. The highest BCUT2D eigenvalue weighted by Crippen LogP contribution is 2.44. The minimum atomic E-state index is -1.58. The normalized spacial score (nSPS) is 11.8. The second-order valence-electron chi connectivity index (χ2n) is 7.37. The molecule has 0 spiro atoms. The quantitative estimate of drug-likeness (QED) is 0.209. The first-order chi connectivity index (χ1) is 16.7. The summed E-state index contributed by atoms with van der Waals surface area (Å²) >= 11 is -0.191. The summed E-state index contributed by atoms with van der Waals surface area (Å²) in [4.78, 5) is 11.8. The fourth-order valence-corrected chi connectivity index (χ4v) is 5.96. The van der Waals surface area contributed by atoms with E-state index >= 15 is 0 Å². The molecule has 2 heterocycles. The molecule has 1 atom stereocenters. The summed E-state index contributed by atoms with van der Waals surface area (Å²) in [6, 6.07) is 28.8. The molecule has 2 aromatic heterocycles. The second kappa shape index (κ2) is 9.57. The molecule has 0 radical (unpaired) electrons. The lowest BCUT2D eigenvalue weighted by Gasteiger charge is -2.16. The zero-order valence-corrected chi connectivity index (χ0v) is 19.5. The van der Waals surface area contributed by atoms with E-state index in [1.807, 2.05) is 70.0 Å². The molecule has 0 aliphatic heterocycles. The molecule has 0 saturated carbocycles. The Kier molecular flexibility index (Phi) is 6.19. The van der Waals surface area contributed by atoms with Gasteiger partial charge in [-0.2, -0.15) is 9.23 Å². The molecule has 5 aromatic rings. The lowest BCUT2D eigenvalue weighted by Crippen LogP contribution is -2.14. The zero-order chi connectivity index (χ0) is 23.5. The number of carbonyl (C=O) groups is 1. The number of hydrogen-bond donors (Lipinski definition) is 0. The van der Waals surface area contributed by atoms with E-state index in [2.05, 4.69) is 6.07 Å². The van der Waals surface area contributed by atoms with Crippen LogP contribution in [0.1, 0.15) is 4.88 Å². The van der Waals surface area contributed by atoms with Gasteiger partial charge in [-0.15, -0.1) is 11.3 Å². The maximum Gasteiger partial charge on any atom is 0.180 e. The van der Waals surface area contributed by atoms with Gasteiger partial charge in [0.15, 0.2) is 11.2 Å². The Balaban J connectivity index is 1.77. The number of para-hydroxylation sites is 1. The average Bonchev–Trinajstić information content (AvgIpc) is 3.50. The van der Waals surface area contributed by atoms with E-state index in [1.165, 1.54) is 11.3 Å². The third-order valence-electron chi connectivity index (χ3n) is 5.42. The van der Waals surface area contributed by atoms with E-state index < -0.39 is 11.4 Å². The molecule has 0 bridgehead atoms. The Morgan fingerprint density at radius 2 is 1.74 bits per heavy atom. The Morgan fingerprint density at radius 1 is 1.00 bits per heavy atom. The molecule has 0 saturated heterocycles. The minimum Gasteiger partial charge on any atom is -0.587 e. The van der Waals surface area contributed by atoms with E-state index in [9.17, 15) is 14.6 Å². The van der Waals surface area contributed by atoms with E-state index in [0.717, 1.165) is 33.3 Å². The number of nitriles is 1. The molecule has 0 fully saturated rings. The van der Waals surface area contributed by atoms with Crippen molar-refractivity contribution < 1.29 is 14.1 Å². The highest BCUT2D eigenvalue weighted by Gasteiger charge is 2.29. The van der Waals surface area contributed by atoms with Crippen LogP contribution in [-0.4, -0.2) is 21.4 Å². The Hall–Kier alpha value is -3.83. The van der Waals surface area contributed by atoms with Gasteiger partial charge in [0.25, 0.3) is 0 Å². The van der Waals surface area contributed by atoms with Crippen molar-refractivity contribution in [2.45, 2.75) is 4.90 Å². The summed E-state index contributed by atoms with van der Waals surface area (Å²) in [6.45, 7) is -0.0337. The number of carbonyl (C=O) groups excluding carboxylic acids is 1. The molecule has 1 unspecified atom stereocenters. The molecule has 7 heteroatoms. The van der Waals surface area contributed by atoms with E-state index in [4.69, 9.17) is 4.74 Å². The number of fused-ring (bicyclic) bond motifs is 1. The molecule has 5 rings (SSSR count). The van der Waals surface area contributed by atoms with Crippen LogP contribution in [0.4, 0.5) is 0 Å². The van der Waals surface area contributed by atoms with Crippen molar-refractivity contribution in [3.05, 3.63) is 95.2 Å². The monoisotopic (exact) mass is 482 g/mol. The van der Waals surface area contributed by atoms with Gasteiger partial charge in [0.05, 0.1) is 5.52 Å². The number of aromatic nitrogens is 1. The van der Waals surface area contributed by atoms with Gasteiger partial charge in [-0.3, -0.25) is 4.79 Å². The third kappa shape index (κ3) is 3.88. The lowest BCUT2D eigenvalue weighted by atomic mass is 9.99. The van der Waals surface area contributed by atoms with Crippen LogP contribution in [0.25, 0.3) is 33.3 Å². The van der Waals surface area contributed by atoms with E-state index in [0.29, 0.717) is 21.8 Å². The van der Waals surface area contributed by atoms with Crippen molar-refractivity contribution in [1.82, 2.24) is 3.97 Å². The molecular weight excluding hydrogens is 464 g/mol. The molecule has 166 valence electrons. The van der Waals surface area contributed by atoms with Crippen LogP contribution in [0.2, 0.25) is 0 Å². The summed E-state index contributed by atoms with van der Waals surface area (Å²) in [7, 11) is 0. The molecule has 5 nitrogen and oxygen atoms in total. The van der Waals surface area contributed by atoms with Crippen LogP contribution in [0.15, 0.2) is 95.2 Å². The van der Waals surface area contributed by atoms with E-state index in [1.54, 1.807) is 24.3 Å². The van der Waals surface area contributed by atoms with Crippen LogP contribution in [0.3, 0.4) is 0 Å². The first kappa shape index (κ1) is 22.0. The van der Waals surface area contributed by atoms with Gasteiger partial charge >= 0.3 is 0 Å². The Labute approximate surface area is 203 Å². The summed E-state index contributed by atoms with van der Waals surface area (Å²) in [5, 5.41) is 12.6. The van der Waals surface area contributed by atoms with Gasteiger partial charge in [0.2, 0.25) is 0 Å². The fraction of sp³-hybridized carbons (Fsp3) is 0.0370. The predicted octanol–water partition coefficient (Wildman–Crippen LogP) is 6.06. The molecule has 0 aliphatic carbocycles. The van der Waals surface area contributed by atoms with Crippen molar-refractivity contribution in [3.8, 4) is 34.2 Å². The molecular formula is C27H18N2O3S2. The van der Waals surface area contributed by atoms with Crippen molar-refractivity contribution >= 4 is 39.9 Å². The highest BCUT2D eigenvalue weighted by atomic mass is 32.2. The van der Waals surface area contributed by atoms with Gasteiger partial charge in [-0.1, -0.05) is 48.5 Å². The Morgan fingerprint density at radius 3 is 2.47 bits per heavy atom. The molecule has 0 aliphatic rings. The van der Waals surface area contributed by atoms with Crippen LogP contribution < -0.4 is 4.74 Å². The first-order valence-corrected chi connectivity index (χ1v) is 12.5. The number of thiophene rings is 1. The number of nitrogens with zero attached hydrogens (tertiary/aromatic N) is 2. The topological polar surface area (TPSA) is 78.1 Å². The van der Waals surface area contributed by atoms with Gasteiger partial charge in [0, 0.05) is 22.1 Å². The summed E-state index contributed by atoms with van der Waals surface area (Å²) in [6.07, 6.45) is 0.686. The van der Waals surface area contributed by atoms with Crippen molar-refractivity contribution in [2.24, 2.45) is 0 Å². The fourth-order valence-electron chi connectivity index (χ4n) is 3.99. The number of hydrogen-bond acceptors (Lipinski definition) is 5. The van der Waals surface area contributed by atoms with Crippen molar-refractivity contribution in [2.75, 3.05) is 6.61 Å². The van der Waals surface area contributed by atoms with Crippen molar-refractivity contribution in [3.63, 3.8) is 0 Å². The summed E-state index contributed by atoms with van der Waals surface area (Å²) < 4.78 is 21.2. The van der Waals surface area contributed by atoms with Gasteiger partial charge in [-0.25, -0.2) is 0 Å². The number of benzene rings is 3. The molecule has 0 amide bonds. The van der Waals surface area contributed by atoms with Crippen molar-refractivity contribution in [1.29, 1.82) is 5.26 Å². The van der Waals surface area contributed by atoms with Gasteiger partial charge in [-0.05, 0) is 41.8 Å². The first-order valence-electron chi connectivity index (χ1n) is 10.5. The maximum absolute atomic E-state index is 14.0. The lowest BCUT2D eigenvalue weighted by molar-refractivity contribution is -0.109.